The summed E-state index contributed by atoms with van der Waals surface area (Å²) in [4.78, 5) is 4.19. The molecule has 4 nitrogen and oxygen atoms in total. The lowest BCUT2D eigenvalue weighted by atomic mass is 10.1. The monoisotopic (exact) mass is 252 g/mol. The summed E-state index contributed by atoms with van der Waals surface area (Å²) in [5.41, 5.74) is 1.19. The van der Waals surface area contributed by atoms with Crippen LogP contribution in [0, 0.1) is 0 Å². The zero-order valence-electron chi connectivity index (χ0n) is 11.8. The Hall–Kier alpha value is -1.13. The molecule has 0 aliphatic carbocycles. The van der Waals surface area contributed by atoms with Crippen LogP contribution < -0.4 is 10.1 Å². The first kappa shape index (κ1) is 14.9. The van der Waals surface area contributed by atoms with Crippen molar-refractivity contribution in [2.75, 3.05) is 19.8 Å². The molecule has 0 spiro atoms. The van der Waals surface area contributed by atoms with Crippen molar-refractivity contribution in [1.82, 2.24) is 10.3 Å². The lowest BCUT2D eigenvalue weighted by Crippen LogP contribution is -2.18. The lowest BCUT2D eigenvalue weighted by molar-refractivity contribution is 0.0542. The van der Waals surface area contributed by atoms with Crippen LogP contribution in [0.2, 0.25) is 0 Å². The van der Waals surface area contributed by atoms with Gasteiger partial charge in [0.25, 0.3) is 0 Å². The average Bonchev–Trinajstić information content (AvgIpc) is 2.35. The third-order valence-corrected chi connectivity index (χ3v) is 2.55. The zero-order valence-corrected chi connectivity index (χ0v) is 11.8. The molecule has 1 heterocycles. The van der Waals surface area contributed by atoms with E-state index in [9.17, 15) is 0 Å². The molecule has 0 aliphatic heterocycles. The highest BCUT2D eigenvalue weighted by atomic mass is 16.5. The minimum absolute atomic E-state index is 0.238. The maximum absolute atomic E-state index is 5.56. The number of nitrogens with zero attached hydrogens (tertiary/aromatic N) is 1. The van der Waals surface area contributed by atoms with E-state index in [-0.39, 0.29) is 6.10 Å². The minimum atomic E-state index is 0.238. The smallest absolute Gasteiger partial charge is 0.213 e. The molecule has 0 bridgehead atoms. The van der Waals surface area contributed by atoms with Crippen LogP contribution in [-0.2, 0) is 4.74 Å². The van der Waals surface area contributed by atoms with Crippen molar-refractivity contribution < 1.29 is 9.47 Å². The van der Waals surface area contributed by atoms with Crippen molar-refractivity contribution in [3.8, 4) is 5.88 Å². The summed E-state index contributed by atoms with van der Waals surface area (Å²) >= 11 is 0. The average molecular weight is 252 g/mol. The Bertz CT molecular complexity index is 342. The second-order valence-corrected chi connectivity index (χ2v) is 4.47. The molecule has 0 amide bonds. The van der Waals surface area contributed by atoms with E-state index in [1.54, 1.807) is 6.20 Å². The molecule has 102 valence electrons. The van der Waals surface area contributed by atoms with Crippen molar-refractivity contribution in [3.05, 3.63) is 23.9 Å². The zero-order chi connectivity index (χ0) is 13.4. The second kappa shape index (κ2) is 8.06. The van der Waals surface area contributed by atoms with Gasteiger partial charge in [0.05, 0.1) is 12.7 Å². The molecule has 0 aromatic carbocycles. The van der Waals surface area contributed by atoms with Gasteiger partial charge in [0, 0.05) is 18.3 Å². The predicted molar refractivity (Wildman–Crippen MR) is 72.9 cm³/mol. The number of rotatable bonds is 8. The fourth-order valence-electron chi connectivity index (χ4n) is 1.63. The summed E-state index contributed by atoms with van der Waals surface area (Å²) in [6, 6.07) is 4.29. The van der Waals surface area contributed by atoms with Gasteiger partial charge in [-0.1, -0.05) is 6.92 Å². The summed E-state index contributed by atoms with van der Waals surface area (Å²) in [6.45, 7) is 10.3. The van der Waals surface area contributed by atoms with Gasteiger partial charge in [0.1, 0.15) is 6.61 Å². The number of ether oxygens (including phenoxy) is 2. The third kappa shape index (κ3) is 5.47. The van der Waals surface area contributed by atoms with Crippen molar-refractivity contribution >= 4 is 0 Å². The standard InChI is InChI=1S/C14H24N2O2/c1-5-15-12(4)13-6-7-16-14(10-13)18-9-8-17-11(2)3/h6-7,10-12,15H,5,8-9H2,1-4H3. The minimum Gasteiger partial charge on any atom is -0.475 e. The molecule has 0 radical (unpaired) electrons. The van der Waals surface area contributed by atoms with E-state index in [2.05, 4.69) is 24.1 Å². The van der Waals surface area contributed by atoms with Crippen LogP contribution in [0.15, 0.2) is 18.3 Å². The molecule has 0 saturated heterocycles. The van der Waals surface area contributed by atoms with E-state index in [1.807, 2.05) is 26.0 Å². The molecule has 0 saturated carbocycles. The summed E-state index contributed by atoms with van der Waals surface area (Å²) < 4.78 is 11.0. The Morgan fingerprint density at radius 2 is 2.06 bits per heavy atom. The molecule has 18 heavy (non-hydrogen) atoms. The van der Waals surface area contributed by atoms with Gasteiger partial charge in [-0.3, -0.25) is 0 Å². The summed E-state index contributed by atoms with van der Waals surface area (Å²) in [5, 5.41) is 3.36. The van der Waals surface area contributed by atoms with Crippen molar-refractivity contribution in [2.45, 2.75) is 39.8 Å². The SMILES string of the molecule is CCNC(C)c1ccnc(OCCOC(C)C)c1. The largest absolute Gasteiger partial charge is 0.475 e. The fourth-order valence-corrected chi connectivity index (χ4v) is 1.63. The second-order valence-electron chi connectivity index (χ2n) is 4.47. The van der Waals surface area contributed by atoms with Crippen LogP contribution in [0.3, 0.4) is 0 Å². The first-order valence-electron chi connectivity index (χ1n) is 6.57. The molecule has 1 atom stereocenters. The third-order valence-electron chi connectivity index (χ3n) is 2.55. The van der Waals surface area contributed by atoms with Gasteiger partial charge >= 0.3 is 0 Å². The molecule has 4 heteroatoms. The normalized spacial score (nSPS) is 12.7. The van der Waals surface area contributed by atoms with Crippen LogP contribution >= 0.6 is 0 Å². The molecule has 1 N–H and O–H groups in total. The highest BCUT2D eigenvalue weighted by Crippen LogP contribution is 2.16. The molecule has 1 unspecified atom stereocenters. The van der Waals surface area contributed by atoms with Crippen LogP contribution in [0.5, 0.6) is 5.88 Å². The molecule has 1 aromatic heterocycles. The van der Waals surface area contributed by atoms with E-state index in [4.69, 9.17) is 9.47 Å². The van der Waals surface area contributed by atoms with Gasteiger partial charge in [-0.05, 0) is 38.9 Å². The van der Waals surface area contributed by atoms with Crippen LogP contribution in [0.4, 0.5) is 0 Å². The van der Waals surface area contributed by atoms with Gasteiger partial charge in [-0.25, -0.2) is 4.98 Å². The maximum Gasteiger partial charge on any atom is 0.213 e. The van der Waals surface area contributed by atoms with Gasteiger partial charge in [-0.15, -0.1) is 0 Å². The Balaban J connectivity index is 2.44. The van der Waals surface area contributed by atoms with Crippen molar-refractivity contribution in [3.63, 3.8) is 0 Å². The summed E-state index contributed by atoms with van der Waals surface area (Å²) in [7, 11) is 0. The molecule has 0 aliphatic rings. The number of hydrogen-bond acceptors (Lipinski definition) is 4. The molecule has 1 rings (SSSR count). The van der Waals surface area contributed by atoms with Gasteiger partial charge in [-0.2, -0.15) is 0 Å². The van der Waals surface area contributed by atoms with E-state index in [0.717, 1.165) is 6.54 Å². The number of pyridine rings is 1. The van der Waals surface area contributed by atoms with Gasteiger partial charge in [0.2, 0.25) is 5.88 Å². The highest BCUT2D eigenvalue weighted by Gasteiger charge is 2.05. The van der Waals surface area contributed by atoms with Crippen molar-refractivity contribution in [2.24, 2.45) is 0 Å². The predicted octanol–water partition coefficient (Wildman–Crippen LogP) is 2.56. The van der Waals surface area contributed by atoms with Crippen molar-refractivity contribution in [1.29, 1.82) is 0 Å². The van der Waals surface area contributed by atoms with E-state index in [0.29, 0.717) is 25.1 Å². The summed E-state index contributed by atoms with van der Waals surface area (Å²) in [6.07, 6.45) is 2.02. The highest BCUT2D eigenvalue weighted by molar-refractivity contribution is 5.23. The molecular weight excluding hydrogens is 228 g/mol. The summed E-state index contributed by atoms with van der Waals surface area (Å²) in [5.74, 6) is 0.657. The first-order valence-corrected chi connectivity index (χ1v) is 6.57. The van der Waals surface area contributed by atoms with Crippen LogP contribution in [0.1, 0.15) is 39.3 Å². The molecular formula is C14H24N2O2. The molecule has 0 fully saturated rings. The van der Waals surface area contributed by atoms with Crippen LogP contribution in [-0.4, -0.2) is 30.8 Å². The lowest BCUT2D eigenvalue weighted by Gasteiger charge is -2.14. The number of nitrogens with one attached hydrogen (secondary N) is 1. The van der Waals surface area contributed by atoms with E-state index >= 15 is 0 Å². The fraction of sp³-hybridized carbons (Fsp3) is 0.643. The van der Waals surface area contributed by atoms with E-state index < -0.39 is 0 Å². The quantitative estimate of drug-likeness (QED) is 0.722. The Kier molecular flexibility index (Phi) is 6.68. The Labute approximate surface area is 110 Å². The topological polar surface area (TPSA) is 43.4 Å². The number of aromatic nitrogens is 1. The van der Waals surface area contributed by atoms with Crippen LogP contribution in [0.25, 0.3) is 0 Å². The van der Waals surface area contributed by atoms with E-state index in [1.165, 1.54) is 5.56 Å². The Morgan fingerprint density at radius 3 is 2.72 bits per heavy atom. The Morgan fingerprint density at radius 1 is 1.28 bits per heavy atom. The molecule has 1 aromatic rings. The maximum atomic E-state index is 5.56. The number of hydrogen-bond donors (Lipinski definition) is 1. The first-order chi connectivity index (χ1) is 8.63. The van der Waals surface area contributed by atoms with Gasteiger partial charge < -0.3 is 14.8 Å². The van der Waals surface area contributed by atoms with Gasteiger partial charge in [0.15, 0.2) is 0 Å².